The normalized spacial score (nSPS) is 10.7. The second-order valence-electron chi connectivity index (χ2n) is 3.77. The Balaban J connectivity index is 2.30. The van der Waals surface area contributed by atoms with Crippen molar-refractivity contribution >= 4 is 16.9 Å². The summed E-state index contributed by atoms with van der Waals surface area (Å²) in [6.45, 7) is 0. The number of amides is 1. The lowest BCUT2D eigenvalue weighted by Gasteiger charge is -2.03. The summed E-state index contributed by atoms with van der Waals surface area (Å²) in [4.78, 5) is 19.5. The van der Waals surface area contributed by atoms with Gasteiger partial charge in [-0.3, -0.25) is 9.89 Å². The van der Waals surface area contributed by atoms with Gasteiger partial charge in [-0.1, -0.05) is 18.2 Å². The first-order valence-electron chi connectivity index (χ1n) is 5.30. The van der Waals surface area contributed by atoms with Crippen LogP contribution in [-0.4, -0.2) is 26.1 Å². The van der Waals surface area contributed by atoms with Crippen molar-refractivity contribution in [3.63, 3.8) is 0 Å². The molecular weight excluding hydrogens is 230 g/mol. The summed E-state index contributed by atoms with van der Waals surface area (Å²) in [6.07, 6.45) is 3.07. The molecule has 2 aromatic heterocycles. The number of rotatable bonds is 2. The maximum absolute atomic E-state index is 11.4. The largest absolute Gasteiger partial charge is 0.366 e. The van der Waals surface area contributed by atoms with Crippen molar-refractivity contribution < 1.29 is 4.79 Å². The molecule has 0 fully saturated rings. The second kappa shape index (κ2) is 3.92. The summed E-state index contributed by atoms with van der Waals surface area (Å²) in [7, 11) is 0. The molecule has 0 aliphatic carbocycles. The number of aromatic nitrogens is 4. The number of primary amides is 1. The van der Waals surface area contributed by atoms with Crippen LogP contribution < -0.4 is 5.73 Å². The number of benzene rings is 1. The molecule has 0 spiro atoms. The highest BCUT2D eigenvalue weighted by Crippen LogP contribution is 2.26. The first-order chi connectivity index (χ1) is 8.77. The molecule has 1 amide bonds. The lowest BCUT2D eigenvalue weighted by molar-refractivity contribution is 0.100. The molecule has 6 heteroatoms. The van der Waals surface area contributed by atoms with E-state index >= 15 is 0 Å². The van der Waals surface area contributed by atoms with Crippen molar-refractivity contribution in [2.75, 3.05) is 0 Å². The van der Waals surface area contributed by atoms with Gasteiger partial charge in [0.05, 0.1) is 6.20 Å². The molecule has 0 saturated heterocycles. The quantitative estimate of drug-likeness (QED) is 0.700. The zero-order valence-electron chi connectivity index (χ0n) is 9.29. The fourth-order valence-electron chi connectivity index (χ4n) is 1.86. The maximum Gasteiger partial charge on any atom is 0.249 e. The molecule has 0 saturated carbocycles. The topological polar surface area (TPSA) is 97.6 Å². The van der Waals surface area contributed by atoms with Crippen LogP contribution in [0.25, 0.3) is 22.3 Å². The van der Waals surface area contributed by atoms with Crippen LogP contribution >= 0.6 is 0 Å². The van der Waals surface area contributed by atoms with Crippen LogP contribution in [0.5, 0.6) is 0 Å². The highest BCUT2D eigenvalue weighted by molar-refractivity contribution is 6.02. The van der Waals surface area contributed by atoms with E-state index in [1.807, 2.05) is 6.07 Å². The Morgan fingerprint density at radius 2 is 2.11 bits per heavy atom. The Morgan fingerprint density at radius 1 is 1.28 bits per heavy atom. The Labute approximate surface area is 102 Å². The molecule has 18 heavy (non-hydrogen) atoms. The molecule has 6 nitrogen and oxygen atoms in total. The second-order valence-corrected chi connectivity index (χ2v) is 3.77. The first-order valence-corrected chi connectivity index (χ1v) is 5.30. The van der Waals surface area contributed by atoms with E-state index in [0.29, 0.717) is 27.9 Å². The van der Waals surface area contributed by atoms with Crippen molar-refractivity contribution in [3.05, 3.63) is 42.4 Å². The summed E-state index contributed by atoms with van der Waals surface area (Å²) in [5.41, 5.74) is 8.42. The number of hydrogen-bond acceptors (Lipinski definition) is 4. The average molecular weight is 239 g/mol. The Kier molecular flexibility index (Phi) is 2.26. The number of H-pyrrole nitrogens is 1. The maximum atomic E-state index is 11.4. The smallest absolute Gasteiger partial charge is 0.249 e. The molecule has 0 radical (unpaired) electrons. The summed E-state index contributed by atoms with van der Waals surface area (Å²) >= 11 is 0. The molecule has 3 aromatic rings. The highest BCUT2D eigenvalue weighted by Gasteiger charge is 2.15. The molecule has 3 rings (SSSR count). The Hall–Kier alpha value is -2.76. The third kappa shape index (κ3) is 1.51. The van der Waals surface area contributed by atoms with Gasteiger partial charge in [-0.2, -0.15) is 5.10 Å². The van der Waals surface area contributed by atoms with Gasteiger partial charge in [0.1, 0.15) is 23.1 Å². The van der Waals surface area contributed by atoms with Gasteiger partial charge >= 0.3 is 0 Å². The third-order valence-electron chi connectivity index (χ3n) is 2.67. The summed E-state index contributed by atoms with van der Waals surface area (Å²) < 4.78 is 0. The van der Waals surface area contributed by atoms with Crippen LogP contribution in [0.3, 0.4) is 0 Å². The Bertz CT molecular complexity index is 734. The SMILES string of the molecule is NC(=O)c1ccccc1-c1n[nH]c2cncnc12. The highest BCUT2D eigenvalue weighted by atomic mass is 16.1. The monoisotopic (exact) mass is 239 g/mol. The minimum Gasteiger partial charge on any atom is -0.366 e. The van der Waals surface area contributed by atoms with Crippen LogP contribution in [0.2, 0.25) is 0 Å². The van der Waals surface area contributed by atoms with Crippen molar-refractivity contribution in [2.24, 2.45) is 5.73 Å². The van der Waals surface area contributed by atoms with E-state index in [9.17, 15) is 4.79 Å². The number of nitrogens with one attached hydrogen (secondary N) is 1. The Morgan fingerprint density at radius 3 is 2.94 bits per heavy atom. The number of fused-ring (bicyclic) bond motifs is 1. The summed E-state index contributed by atoms with van der Waals surface area (Å²) in [6, 6.07) is 7.04. The molecule has 0 atom stereocenters. The fourth-order valence-corrected chi connectivity index (χ4v) is 1.86. The number of nitrogens with zero attached hydrogens (tertiary/aromatic N) is 3. The standard InChI is InChI=1S/C12H9N5O/c13-12(18)8-4-2-1-3-7(8)10-11-9(16-17-10)5-14-6-15-11/h1-6H,(H2,13,18)(H,16,17). The van der Waals surface area contributed by atoms with Crippen molar-refractivity contribution in [1.82, 2.24) is 20.2 Å². The van der Waals surface area contributed by atoms with Crippen molar-refractivity contribution in [2.45, 2.75) is 0 Å². The van der Waals surface area contributed by atoms with Gasteiger partial charge in [-0.25, -0.2) is 9.97 Å². The minimum atomic E-state index is -0.490. The summed E-state index contributed by atoms with van der Waals surface area (Å²) in [5, 5.41) is 7.00. The van der Waals surface area contributed by atoms with E-state index in [1.165, 1.54) is 6.33 Å². The lowest BCUT2D eigenvalue weighted by Crippen LogP contribution is -2.12. The van der Waals surface area contributed by atoms with Crippen molar-refractivity contribution in [3.8, 4) is 11.3 Å². The molecule has 1 aromatic carbocycles. The van der Waals surface area contributed by atoms with Gasteiger partial charge in [0.25, 0.3) is 0 Å². The van der Waals surface area contributed by atoms with Gasteiger partial charge < -0.3 is 5.73 Å². The van der Waals surface area contributed by atoms with Gasteiger partial charge in [-0.15, -0.1) is 0 Å². The molecule has 0 bridgehead atoms. The van der Waals surface area contributed by atoms with E-state index in [1.54, 1.807) is 24.4 Å². The van der Waals surface area contributed by atoms with Gasteiger partial charge in [0.15, 0.2) is 0 Å². The first kappa shape index (κ1) is 10.4. The van der Waals surface area contributed by atoms with E-state index in [0.717, 1.165) is 0 Å². The van der Waals surface area contributed by atoms with Crippen LogP contribution in [0.15, 0.2) is 36.8 Å². The molecule has 3 N–H and O–H groups in total. The molecule has 0 aliphatic rings. The predicted octanol–water partition coefficient (Wildman–Crippen LogP) is 1.12. The lowest BCUT2D eigenvalue weighted by atomic mass is 10.0. The number of hydrogen-bond donors (Lipinski definition) is 2. The summed E-state index contributed by atoms with van der Waals surface area (Å²) in [5.74, 6) is -0.490. The minimum absolute atomic E-state index is 0.421. The van der Waals surface area contributed by atoms with Crippen LogP contribution in [0.4, 0.5) is 0 Å². The van der Waals surface area contributed by atoms with Crippen LogP contribution in [0, 0.1) is 0 Å². The van der Waals surface area contributed by atoms with Gasteiger partial charge in [0.2, 0.25) is 5.91 Å². The molecule has 0 unspecified atom stereocenters. The van der Waals surface area contributed by atoms with Gasteiger partial charge in [-0.05, 0) is 6.07 Å². The fraction of sp³-hybridized carbons (Fsp3) is 0. The molecular formula is C12H9N5O. The number of nitrogens with two attached hydrogens (primary N) is 1. The molecule has 0 aliphatic heterocycles. The van der Waals surface area contributed by atoms with E-state index in [-0.39, 0.29) is 0 Å². The van der Waals surface area contributed by atoms with Crippen molar-refractivity contribution in [1.29, 1.82) is 0 Å². The van der Waals surface area contributed by atoms with Crippen LogP contribution in [0.1, 0.15) is 10.4 Å². The van der Waals surface area contributed by atoms with Gasteiger partial charge in [0, 0.05) is 11.1 Å². The zero-order chi connectivity index (χ0) is 12.5. The average Bonchev–Trinajstić information content (AvgIpc) is 2.82. The molecule has 88 valence electrons. The van der Waals surface area contributed by atoms with Crippen LogP contribution in [-0.2, 0) is 0 Å². The third-order valence-corrected chi connectivity index (χ3v) is 2.67. The van der Waals surface area contributed by atoms with E-state index < -0.39 is 5.91 Å². The predicted molar refractivity (Wildman–Crippen MR) is 65.6 cm³/mol. The van der Waals surface area contributed by atoms with E-state index in [2.05, 4.69) is 20.2 Å². The van der Waals surface area contributed by atoms with E-state index in [4.69, 9.17) is 5.73 Å². The number of aromatic amines is 1. The molecule has 2 heterocycles. The number of carbonyl (C=O) groups excluding carboxylic acids is 1. The number of carbonyl (C=O) groups is 1. The zero-order valence-corrected chi connectivity index (χ0v) is 9.29.